The summed E-state index contributed by atoms with van der Waals surface area (Å²) in [6.45, 7) is 12.1. The molecular formula is C35H36F3N5O5. The number of nitrogens with zero attached hydrogens (tertiary/aromatic N) is 4. The summed E-state index contributed by atoms with van der Waals surface area (Å²) in [7, 11) is 2.05. The van der Waals surface area contributed by atoms with E-state index in [4.69, 9.17) is 9.57 Å². The number of rotatable bonds is 9. The number of nitrogens with one attached hydrogen (secondary N) is 1. The van der Waals surface area contributed by atoms with Crippen molar-refractivity contribution in [2.45, 2.75) is 39.5 Å². The molecule has 0 unspecified atom stereocenters. The molecule has 5 rings (SSSR count). The van der Waals surface area contributed by atoms with Crippen LogP contribution < -0.4 is 15.1 Å². The summed E-state index contributed by atoms with van der Waals surface area (Å²) in [5, 5.41) is 3.00. The average Bonchev–Trinajstić information content (AvgIpc) is 3.37. The number of anilines is 2. The highest BCUT2D eigenvalue weighted by Gasteiger charge is 2.43. The Balaban J connectivity index is 1.79. The second kappa shape index (κ2) is 13.9. The number of pyridine rings is 1. The quantitative estimate of drug-likeness (QED) is 0.175. The van der Waals surface area contributed by atoms with Gasteiger partial charge in [-0.3, -0.25) is 4.79 Å². The van der Waals surface area contributed by atoms with Gasteiger partial charge in [-0.25, -0.2) is 14.6 Å². The van der Waals surface area contributed by atoms with Gasteiger partial charge in [0.05, 0.1) is 17.4 Å². The van der Waals surface area contributed by atoms with Crippen LogP contribution in [0.4, 0.5) is 24.5 Å². The highest BCUT2D eigenvalue weighted by Crippen LogP contribution is 2.42. The molecular weight excluding hydrogens is 627 g/mol. The number of ether oxygens (including phenoxy) is 1. The lowest BCUT2D eigenvalue weighted by atomic mass is 9.96. The van der Waals surface area contributed by atoms with Crippen LogP contribution in [-0.4, -0.2) is 78.0 Å². The van der Waals surface area contributed by atoms with Gasteiger partial charge in [0, 0.05) is 60.3 Å². The van der Waals surface area contributed by atoms with E-state index in [2.05, 4.69) is 26.7 Å². The Hall–Kier alpha value is -5.17. The fraction of sp³-hybridized carbons (Fsp3) is 0.314. The summed E-state index contributed by atoms with van der Waals surface area (Å²) >= 11 is 0. The first-order chi connectivity index (χ1) is 22.8. The number of amides is 1. The van der Waals surface area contributed by atoms with Crippen LogP contribution in [0.25, 0.3) is 33.4 Å². The van der Waals surface area contributed by atoms with Crippen molar-refractivity contribution in [3.8, 4) is 22.4 Å². The fourth-order valence-corrected chi connectivity index (χ4v) is 5.54. The Morgan fingerprint density at radius 3 is 2.29 bits per heavy atom. The maximum atomic E-state index is 13.6. The second-order valence-corrected chi connectivity index (χ2v) is 11.7. The summed E-state index contributed by atoms with van der Waals surface area (Å²) < 4.78 is 47.0. The average molecular weight is 664 g/mol. The monoisotopic (exact) mass is 663 g/mol. The maximum absolute atomic E-state index is 13.6. The van der Waals surface area contributed by atoms with Gasteiger partial charge < -0.3 is 24.7 Å². The van der Waals surface area contributed by atoms with Crippen LogP contribution in [-0.2, 0) is 20.7 Å². The first-order valence-corrected chi connectivity index (χ1v) is 15.5. The largest absolute Gasteiger partial charge is 0.493 e. The highest BCUT2D eigenvalue weighted by atomic mass is 19.4. The Morgan fingerprint density at radius 2 is 1.69 bits per heavy atom. The summed E-state index contributed by atoms with van der Waals surface area (Å²) in [6, 6.07) is 13.8. The molecule has 1 aliphatic rings. The van der Waals surface area contributed by atoms with Crippen molar-refractivity contribution < 1.29 is 37.1 Å². The highest BCUT2D eigenvalue weighted by molar-refractivity contribution is 6.07. The minimum atomic E-state index is -5.31. The zero-order valence-corrected chi connectivity index (χ0v) is 27.1. The van der Waals surface area contributed by atoms with Crippen LogP contribution in [0.3, 0.4) is 0 Å². The lowest BCUT2D eigenvalue weighted by Gasteiger charge is -2.34. The molecule has 252 valence electrons. The smallest absolute Gasteiger partial charge is 0.459 e. The summed E-state index contributed by atoms with van der Waals surface area (Å²) in [5.41, 5.74) is 3.33. The molecule has 1 fully saturated rings. The van der Waals surface area contributed by atoms with Crippen LogP contribution >= 0.6 is 0 Å². The third-order valence-corrected chi connectivity index (χ3v) is 7.98. The zero-order chi connectivity index (χ0) is 34.7. The van der Waals surface area contributed by atoms with Gasteiger partial charge in [-0.05, 0) is 68.8 Å². The number of piperazine rings is 1. The van der Waals surface area contributed by atoms with Crippen molar-refractivity contribution >= 4 is 40.3 Å². The standard InChI is InChI=1S/C35H36F3N5O5/c1-6-22-8-9-24(19-28(22)40-29(44)7-2)30-27-18-25(33(45)47-21(3)4)20-39-32(27)43(48-34(46)35(36,37)38)31(30)23-10-12-26(13-11-23)42-16-14-41(5)15-17-42/h7-13,18-21H,2,6,14-17H2,1,3-5H3,(H,40,44). The molecule has 2 aromatic heterocycles. The number of likely N-dealkylation sites (N-methyl/N-ethyl adjacent to an activating group) is 1. The predicted octanol–water partition coefficient (Wildman–Crippen LogP) is 5.89. The van der Waals surface area contributed by atoms with Gasteiger partial charge in [0.15, 0.2) is 5.65 Å². The van der Waals surface area contributed by atoms with E-state index in [0.717, 1.165) is 54.4 Å². The number of esters is 1. The minimum Gasteiger partial charge on any atom is -0.459 e. The lowest BCUT2D eigenvalue weighted by molar-refractivity contribution is -0.199. The number of hydrogen-bond donors (Lipinski definition) is 1. The van der Waals surface area contributed by atoms with Gasteiger partial charge in [0.2, 0.25) is 5.91 Å². The van der Waals surface area contributed by atoms with Crippen LogP contribution in [0.1, 0.15) is 36.7 Å². The second-order valence-electron chi connectivity index (χ2n) is 11.7. The van der Waals surface area contributed by atoms with Crippen molar-refractivity contribution in [1.82, 2.24) is 14.6 Å². The van der Waals surface area contributed by atoms with Crippen molar-refractivity contribution in [1.29, 1.82) is 0 Å². The predicted molar refractivity (Wildman–Crippen MR) is 177 cm³/mol. The fourth-order valence-electron chi connectivity index (χ4n) is 5.54. The van der Waals surface area contributed by atoms with Crippen LogP contribution in [0.15, 0.2) is 67.4 Å². The molecule has 1 aliphatic heterocycles. The summed E-state index contributed by atoms with van der Waals surface area (Å²) in [6.07, 6.45) is -2.92. The van der Waals surface area contributed by atoms with E-state index in [1.54, 1.807) is 44.2 Å². The number of aryl methyl sites for hydroxylation is 1. The normalized spacial score (nSPS) is 13.9. The van der Waals surface area contributed by atoms with E-state index in [1.165, 1.54) is 6.07 Å². The van der Waals surface area contributed by atoms with E-state index in [9.17, 15) is 27.6 Å². The first-order valence-electron chi connectivity index (χ1n) is 15.5. The van der Waals surface area contributed by atoms with Gasteiger partial charge >= 0.3 is 18.1 Å². The summed E-state index contributed by atoms with van der Waals surface area (Å²) in [5.74, 6) is -3.60. The van der Waals surface area contributed by atoms with E-state index < -0.39 is 30.1 Å². The topological polar surface area (TPSA) is 106 Å². The molecule has 2 aromatic carbocycles. The van der Waals surface area contributed by atoms with Crippen molar-refractivity contribution in [3.63, 3.8) is 0 Å². The van der Waals surface area contributed by atoms with Crippen LogP contribution in [0.5, 0.6) is 0 Å². The third kappa shape index (κ3) is 7.20. The number of aromatic nitrogens is 2. The van der Waals surface area contributed by atoms with Gasteiger partial charge in [-0.2, -0.15) is 17.9 Å². The van der Waals surface area contributed by atoms with Crippen LogP contribution in [0.2, 0.25) is 0 Å². The van der Waals surface area contributed by atoms with Gasteiger partial charge in [-0.1, -0.05) is 37.8 Å². The number of hydrogen-bond acceptors (Lipinski definition) is 8. The number of carbonyl (C=O) groups is 3. The Kier molecular flexibility index (Phi) is 9.90. The molecule has 1 N–H and O–H groups in total. The van der Waals surface area contributed by atoms with Gasteiger partial charge in [-0.15, -0.1) is 0 Å². The molecule has 0 atom stereocenters. The first kappa shape index (κ1) is 34.2. The van der Waals surface area contributed by atoms with Gasteiger partial charge in [0.1, 0.15) is 0 Å². The molecule has 0 aliphatic carbocycles. The number of alkyl halides is 3. The number of halogens is 3. The van der Waals surface area contributed by atoms with E-state index in [1.807, 2.05) is 26.1 Å². The third-order valence-electron chi connectivity index (χ3n) is 7.98. The molecule has 48 heavy (non-hydrogen) atoms. The molecule has 0 saturated carbocycles. The Bertz CT molecular complexity index is 1860. The van der Waals surface area contributed by atoms with E-state index in [0.29, 0.717) is 28.8 Å². The van der Waals surface area contributed by atoms with E-state index >= 15 is 0 Å². The Labute approximate surface area is 275 Å². The van der Waals surface area contributed by atoms with Crippen molar-refractivity contribution in [2.24, 2.45) is 0 Å². The molecule has 1 amide bonds. The molecule has 4 aromatic rings. The molecule has 10 nitrogen and oxygen atoms in total. The van der Waals surface area contributed by atoms with Crippen molar-refractivity contribution in [2.75, 3.05) is 43.4 Å². The molecule has 0 bridgehead atoms. The zero-order valence-electron chi connectivity index (χ0n) is 27.1. The maximum Gasteiger partial charge on any atom is 0.493 e. The molecule has 1 saturated heterocycles. The van der Waals surface area contributed by atoms with E-state index in [-0.39, 0.29) is 22.3 Å². The molecule has 13 heteroatoms. The number of benzene rings is 2. The molecule has 0 radical (unpaired) electrons. The number of carbonyl (C=O) groups excluding carboxylic acids is 3. The molecule has 3 heterocycles. The number of fused-ring (bicyclic) bond motifs is 1. The molecule has 0 spiro atoms. The summed E-state index contributed by atoms with van der Waals surface area (Å²) in [4.78, 5) is 51.4. The SMILES string of the molecule is C=CC(=O)Nc1cc(-c2c(-c3ccc(N4CCN(C)CC4)cc3)n(OC(=O)C(F)(F)F)c3ncc(C(=O)OC(C)C)cc23)ccc1CC. The van der Waals surface area contributed by atoms with Crippen molar-refractivity contribution in [3.05, 3.63) is 78.5 Å². The van der Waals surface area contributed by atoms with Gasteiger partial charge in [0.25, 0.3) is 0 Å². The lowest BCUT2D eigenvalue weighted by Crippen LogP contribution is -2.44. The van der Waals surface area contributed by atoms with Crippen LogP contribution in [0, 0.1) is 0 Å². The minimum absolute atomic E-state index is 0.0408. The Morgan fingerprint density at radius 1 is 1.02 bits per heavy atom.